The Morgan fingerprint density at radius 1 is 1.28 bits per heavy atom. The number of allylic oxidation sites excluding steroid dienone is 4. The first-order chi connectivity index (χ1) is 11.9. The van der Waals surface area contributed by atoms with Crippen molar-refractivity contribution in [3.63, 3.8) is 0 Å². The Labute approximate surface area is 150 Å². The quantitative estimate of drug-likeness (QED) is 0.543. The van der Waals surface area contributed by atoms with E-state index in [0.29, 0.717) is 12.0 Å². The second kappa shape index (κ2) is 6.94. The van der Waals surface area contributed by atoms with E-state index in [0.717, 1.165) is 6.07 Å². The number of phenols is 2. The molecule has 1 aromatic rings. The minimum absolute atomic E-state index is 0.000166. The average Bonchev–Trinajstić information content (AvgIpc) is 3.25. The number of epoxide rings is 1. The maximum Gasteiger partial charge on any atom is 0.342 e. The molecule has 2 aliphatic rings. The number of fused-ring (bicyclic) bond motifs is 2. The normalized spacial score (nSPS) is 29.0. The van der Waals surface area contributed by atoms with E-state index >= 15 is 0 Å². The number of phenolic OH excluding ortho intramolecular Hbond substituents is 2. The van der Waals surface area contributed by atoms with Crippen molar-refractivity contribution >= 4 is 17.6 Å². The Kier molecular flexibility index (Phi) is 4.88. The van der Waals surface area contributed by atoms with Gasteiger partial charge in [0.2, 0.25) is 0 Å². The van der Waals surface area contributed by atoms with Crippen LogP contribution in [0.15, 0.2) is 42.5 Å². The van der Waals surface area contributed by atoms with E-state index in [2.05, 4.69) is 6.58 Å². The third kappa shape index (κ3) is 3.89. The number of hydrogen-bond donors (Lipinski definition) is 2. The molecule has 2 N–H and O–H groups in total. The summed E-state index contributed by atoms with van der Waals surface area (Å²) in [6, 6.07) is 1.04. The van der Waals surface area contributed by atoms with Crippen LogP contribution >= 0.6 is 11.6 Å². The topological polar surface area (TPSA) is 79.3 Å². The zero-order valence-electron chi connectivity index (χ0n) is 13.7. The monoisotopic (exact) mass is 362 g/mol. The third-order valence-corrected chi connectivity index (χ3v) is 4.59. The lowest BCUT2D eigenvalue weighted by atomic mass is 9.98. The van der Waals surface area contributed by atoms with Crippen molar-refractivity contribution in [2.45, 2.75) is 38.1 Å². The summed E-state index contributed by atoms with van der Waals surface area (Å²) in [5.41, 5.74) is 0.890. The molecule has 1 saturated heterocycles. The summed E-state index contributed by atoms with van der Waals surface area (Å²) < 4.78 is 11.0. The lowest BCUT2D eigenvalue weighted by Gasteiger charge is -2.17. The highest BCUT2D eigenvalue weighted by Gasteiger charge is 2.38. The summed E-state index contributed by atoms with van der Waals surface area (Å²) in [5.74, 6) is -1.37. The van der Waals surface area contributed by atoms with E-state index < -0.39 is 12.1 Å². The molecule has 0 amide bonds. The van der Waals surface area contributed by atoms with Gasteiger partial charge in [-0.3, -0.25) is 0 Å². The largest absolute Gasteiger partial charge is 0.507 e. The fourth-order valence-corrected chi connectivity index (χ4v) is 3.08. The zero-order chi connectivity index (χ0) is 18.1. The second-order valence-electron chi connectivity index (χ2n) is 6.25. The van der Waals surface area contributed by atoms with Crippen LogP contribution in [0.5, 0.6) is 11.5 Å². The summed E-state index contributed by atoms with van der Waals surface area (Å²) in [6.07, 6.45) is 7.79. The van der Waals surface area contributed by atoms with Crippen LogP contribution in [-0.2, 0) is 15.9 Å². The number of rotatable bonds is 0. The molecule has 0 saturated carbocycles. The second-order valence-corrected chi connectivity index (χ2v) is 6.63. The van der Waals surface area contributed by atoms with E-state index in [-0.39, 0.29) is 46.3 Å². The first-order valence-electron chi connectivity index (χ1n) is 7.99. The molecule has 132 valence electrons. The Hall–Kier alpha value is -2.24. The first-order valence-corrected chi connectivity index (χ1v) is 8.37. The predicted molar refractivity (Wildman–Crippen MR) is 94.1 cm³/mol. The molecule has 0 spiro atoms. The summed E-state index contributed by atoms with van der Waals surface area (Å²) in [5, 5.41) is 20.0. The van der Waals surface area contributed by atoms with Gasteiger partial charge in [0.05, 0.1) is 11.1 Å². The fourth-order valence-electron chi connectivity index (χ4n) is 2.86. The van der Waals surface area contributed by atoms with E-state index in [4.69, 9.17) is 21.1 Å². The molecule has 5 nitrogen and oxygen atoms in total. The van der Waals surface area contributed by atoms with Crippen molar-refractivity contribution in [2.75, 3.05) is 0 Å². The van der Waals surface area contributed by atoms with Gasteiger partial charge in [-0.15, -0.1) is 0 Å². The van der Waals surface area contributed by atoms with E-state index in [1.54, 1.807) is 13.0 Å². The van der Waals surface area contributed by atoms with Gasteiger partial charge in [-0.05, 0) is 18.9 Å². The molecule has 2 aliphatic heterocycles. The minimum atomic E-state index is -0.691. The first kappa shape index (κ1) is 17.6. The van der Waals surface area contributed by atoms with Crippen LogP contribution in [0.3, 0.4) is 0 Å². The van der Waals surface area contributed by atoms with Crippen LogP contribution in [0.25, 0.3) is 0 Å². The molecular formula is C19H19ClO5. The van der Waals surface area contributed by atoms with Gasteiger partial charge in [0, 0.05) is 12.5 Å². The molecule has 3 unspecified atom stereocenters. The van der Waals surface area contributed by atoms with Gasteiger partial charge in [-0.2, -0.15) is 0 Å². The fraction of sp³-hybridized carbons (Fsp3) is 0.316. The molecule has 3 rings (SSSR count). The SMILES string of the molecule is C=C1/C=C/C=C\C2OC2CC(C)OC(=O)c2c(O)cc(O)c(Cl)c2C1. The van der Waals surface area contributed by atoms with Crippen LogP contribution < -0.4 is 0 Å². The van der Waals surface area contributed by atoms with Crippen molar-refractivity contribution in [3.05, 3.63) is 58.7 Å². The van der Waals surface area contributed by atoms with Crippen molar-refractivity contribution < 1.29 is 24.5 Å². The van der Waals surface area contributed by atoms with Crippen molar-refractivity contribution in [1.82, 2.24) is 0 Å². The maximum atomic E-state index is 12.6. The Morgan fingerprint density at radius 3 is 2.80 bits per heavy atom. The summed E-state index contributed by atoms with van der Waals surface area (Å²) in [6.45, 7) is 5.69. The highest BCUT2D eigenvalue weighted by atomic mass is 35.5. The van der Waals surface area contributed by atoms with Gasteiger partial charge in [-0.1, -0.05) is 48.1 Å². The zero-order valence-corrected chi connectivity index (χ0v) is 14.5. The summed E-state index contributed by atoms with van der Waals surface area (Å²) in [4.78, 5) is 12.6. The van der Waals surface area contributed by atoms with Gasteiger partial charge in [-0.25, -0.2) is 4.79 Å². The Morgan fingerprint density at radius 2 is 2.04 bits per heavy atom. The van der Waals surface area contributed by atoms with Crippen molar-refractivity contribution in [2.24, 2.45) is 0 Å². The van der Waals surface area contributed by atoms with Crippen LogP contribution in [0.2, 0.25) is 5.02 Å². The minimum Gasteiger partial charge on any atom is -0.507 e. The lowest BCUT2D eigenvalue weighted by molar-refractivity contribution is 0.0305. The number of cyclic esters (lactones) is 1. The standard InChI is InChI=1S/C19H19ClO5/c1-10-5-3-4-6-15-16(25-15)8-11(2)24-19(23)17-12(7-10)18(20)14(22)9-13(17)21/h3-6,9,11,15-16,21-22H,1,7-8H2,2H3/b5-3+,6-4-. The predicted octanol–water partition coefficient (Wildman–Crippen LogP) is 3.68. The maximum absolute atomic E-state index is 12.6. The van der Waals surface area contributed by atoms with Gasteiger partial charge in [0.1, 0.15) is 29.3 Å². The molecule has 25 heavy (non-hydrogen) atoms. The van der Waals surface area contributed by atoms with E-state index in [1.807, 2.05) is 18.2 Å². The number of aromatic hydroxyl groups is 2. The number of hydrogen-bond acceptors (Lipinski definition) is 5. The molecule has 1 fully saturated rings. The van der Waals surface area contributed by atoms with Gasteiger partial charge in [0.15, 0.2) is 0 Å². The van der Waals surface area contributed by atoms with Crippen LogP contribution in [0.4, 0.5) is 0 Å². The number of carbonyl (C=O) groups excluding carboxylic acids is 1. The van der Waals surface area contributed by atoms with Crippen molar-refractivity contribution in [1.29, 1.82) is 0 Å². The lowest BCUT2D eigenvalue weighted by Crippen LogP contribution is -2.19. The number of halogens is 1. The highest BCUT2D eigenvalue weighted by Crippen LogP contribution is 2.38. The molecule has 6 heteroatoms. The van der Waals surface area contributed by atoms with Crippen LogP contribution in [0.1, 0.15) is 29.3 Å². The molecule has 3 atom stereocenters. The Balaban J connectivity index is 2.01. The van der Waals surface area contributed by atoms with Gasteiger partial charge < -0.3 is 19.7 Å². The van der Waals surface area contributed by atoms with Gasteiger partial charge in [0.25, 0.3) is 0 Å². The van der Waals surface area contributed by atoms with E-state index in [9.17, 15) is 15.0 Å². The Bertz CT molecular complexity index is 781. The van der Waals surface area contributed by atoms with Crippen LogP contribution in [-0.4, -0.2) is 34.5 Å². The van der Waals surface area contributed by atoms with Crippen molar-refractivity contribution in [3.8, 4) is 11.5 Å². The number of carbonyl (C=O) groups is 1. The molecule has 1 aromatic carbocycles. The molecule has 2 heterocycles. The molecular weight excluding hydrogens is 344 g/mol. The number of benzene rings is 1. The average molecular weight is 363 g/mol. The molecule has 0 bridgehead atoms. The van der Waals surface area contributed by atoms with Crippen LogP contribution in [0, 0.1) is 0 Å². The number of esters is 1. The third-order valence-electron chi connectivity index (χ3n) is 4.17. The van der Waals surface area contributed by atoms with E-state index in [1.165, 1.54) is 0 Å². The number of ether oxygens (including phenoxy) is 2. The molecule has 0 aliphatic carbocycles. The summed E-state index contributed by atoms with van der Waals surface area (Å²) in [7, 11) is 0. The highest BCUT2D eigenvalue weighted by molar-refractivity contribution is 6.33. The summed E-state index contributed by atoms with van der Waals surface area (Å²) >= 11 is 6.16. The van der Waals surface area contributed by atoms with Gasteiger partial charge >= 0.3 is 5.97 Å². The molecule has 0 aromatic heterocycles. The molecule has 0 radical (unpaired) electrons. The smallest absolute Gasteiger partial charge is 0.342 e.